The quantitative estimate of drug-likeness (QED) is 0.685. The number of ether oxygens (including phenoxy) is 1. The minimum Gasteiger partial charge on any atom is -0.423 e. The maximum atomic E-state index is 12.3. The van der Waals surface area contributed by atoms with Crippen LogP contribution in [0.3, 0.4) is 0 Å². The van der Waals surface area contributed by atoms with Gasteiger partial charge in [-0.15, -0.1) is 0 Å². The summed E-state index contributed by atoms with van der Waals surface area (Å²) in [6.45, 7) is -0.122. The lowest BCUT2D eigenvalue weighted by atomic mass is 10.2. The van der Waals surface area contributed by atoms with Crippen LogP contribution in [-0.4, -0.2) is 25.0 Å². The van der Waals surface area contributed by atoms with Crippen molar-refractivity contribution < 1.29 is 14.3 Å². The Labute approximate surface area is 143 Å². The molecule has 1 amide bonds. The van der Waals surface area contributed by atoms with Gasteiger partial charge >= 0.3 is 5.97 Å². The summed E-state index contributed by atoms with van der Waals surface area (Å²) in [6, 6.07) is 13.6. The Kier molecular flexibility index (Phi) is 4.36. The molecule has 0 aliphatic carbocycles. The molecule has 0 fully saturated rings. The first kappa shape index (κ1) is 15.8. The molecule has 2 aromatic rings. The van der Waals surface area contributed by atoms with Crippen molar-refractivity contribution in [3.05, 3.63) is 53.1 Å². The number of hydrogen-bond donors (Lipinski definition) is 1. The van der Waals surface area contributed by atoms with E-state index >= 15 is 0 Å². The van der Waals surface area contributed by atoms with Gasteiger partial charge in [0.25, 0.3) is 0 Å². The second-order valence-electron chi connectivity index (χ2n) is 5.15. The van der Waals surface area contributed by atoms with Gasteiger partial charge in [-0.25, -0.2) is 4.79 Å². The van der Waals surface area contributed by atoms with Gasteiger partial charge in [-0.3, -0.25) is 4.79 Å². The van der Waals surface area contributed by atoms with Crippen LogP contribution in [0, 0.1) is 11.3 Å². The Balaban J connectivity index is 1.79. The van der Waals surface area contributed by atoms with Crippen LogP contribution < -0.4 is 15.0 Å². The van der Waals surface area contributed by atoms with Crippen molar-refractivity contribution in [2.75, 3.05) is 23.3 Å². The number of para-hydroxylation sites is 1. The molecular weight excluding hydrogens is 330 g/mol. The Morgan fingerprint density at radius 2 is 2.12 bits per heavy atom. The molecule has 1 aliphatic rings. The summed E-state index contributed by atoms with van der Waals surface area (Å²) < 4.78 is 5.14. The van der Waals surface area contributed by atoms with Gasteiger partial charge in [0.2, 0.25) is 5.91 Å². The highest BCUT2D eigenvalue weighted by Gasteiger charge is 2.26. The summed E-state index contributed by atoms with van der Waals surface area (Å²) >= 11 is 5.98. The number of amides is 1. The summed E-state index contributed by atoms with van der Waals surface area (Å²) in [4.78, 5) is 25.6. The zero-order valence-corrected chi connectivity index (χ0v) is 13.2. The maximum absolute atomic E-state index is 12.3. The van der Waals surface area contributed by atoms with E-state index in [1.54, 1.807) is 47.4 Å². The Bertz CT molecular complexity index is 860. The second kappa shape index (κ2) is 6.60. The molecule has 6 nitrogen and oxygen atoms in total. The molecular formula is C17H12ClN3O3. The fraction of sp³-hybridized carbons (Fsp3) is 0.118. The molecule has 2 aromatic carbocycles. The standard InChI is InChI=1S/C17H12ClN3O3/c18-12-5-6-15-14(7-12)21(10-17(23)24-15)9-16(22)20-13-4-2-1-3-11(13)8-19/h1-7H,9-10H2,(H,20,22). The number of nitrogens with zero attached hydrogens (tertiary/aromatic N) is 2. The molecule has 0 saturated heterocycles. The van der Waals surface area contributed by atoms with Gasteiger partial charge in [-0.05, 0) is 30.3 Å². The number of carbonyl (C=O) groups excluding carboxylic acids is 2. The molecule has 0 saturated carbocycles. The van der Waals surface area contributed by atoms with Crippen LogP contribution in [0.2, 0.25) is 5.02 Å². The highest BCUT2D eigenvalue weighted by molar-refractivity contribution is 6.31. The number of carbonyl (C=O) groups is 2. The number of rotatable bonds is 3. The summed E-state index contributed by atoms with van der Waals surface area (Å²) in [6.07, 6.45) is 0. The molecule has 0 unspecified atom stereocenters. The van der Waals surface area contributed by atoms with E-state index in [1.165, 1.54) is 0 Å². The minimum atomic E-state index is -0.449. The summed E-state index contributed by atoms with van der Waals surface area (Å²) in [5.41, 5.74) is 1.37. The number of benzene rings is 2. The van der Waals surface area contributed by atoms with Crippen molar-refractivity contribution in [2.24, 2.45) is 0 Å². The Hall–Kier alpha value is -3.04. The van der Waals surface area contributed by atoms with E-state index in [0.29, 0.717) is 27.7 Å². The number of nitrogens with one attached hydrogen (secondary N) is 1. The normalized spacial score (nSPS) is 12.8. The summed E-state index contributed by atoms with van der Waals surface area (Å²) in [7, 11) is 0. The summed E-state index contributed by atoms with van der Waals surface area (Å²) in [5.74, 6) is -0.436. The molecule has 0 atom stereocenters. The smallest absolute Gasteiger partial charge is 0.331 e. The lowest BCUT2D eigenvalue weighted by Gasteiger charge is -2.29. The topological polar surface area (TPSA) is 82.4 Å². The van der Waals surface area contributed by atoms with E-state index in [-0.39, 0.29) is 19.0 Å². The predicted molar refractivity (Wildman–Crippen MR) is 89.1 cm³/mol. The van der Waals surface area contributed by atoms with Gasteiger partial charge in [0.15, 0.2) is 5.75 Å². The first-order valence-electron chi connectivity index (χ1n) is 7.11. The molecule has 1 heterocycles. The molecule has 0 bridgehead atoms. The molecule has 1 aliphatic heterocycles. The van der Waals surface area contributed by atoms with E-state index in [0.717, 1.165) is 0 Å². The van der Waals surface area contributed by atoms with Gasteiger partial charge < -0.3 is 15.0 Å². The molecule has 24 heavy (non-hydrogen) atoms. The highest BCUT2D eigenvalue weighted by Crippen LogP contribution is 2.34. The fourth-order valence-electron chi connectivity index (χ4n) is 2.41. The monoisotopic (exact) mass is 341 g/mol. The molecule has 0 radical (unpaired) electrons. The lowest BCUT2D eigenvalue weighted by molar-refractivity contribution is -0.133. The maximum Gasteiger partial charge on any atom is 0.331 e. The van der Waals surface area contributed by atoms with E-state index in [2.05, 4.69) is 5.32 Å². The average molecular weight is 342 g/mol. The highest BCUT2D eigenvalue weighted by atomic mass is 35.5. The van der Waals surface area contributed by atoms with Gasteiger partial charge in [0.1, 0.15) is 12.6 Å². The summed E-state index contributed by atoms with van der Waals surface area (Å²) in [5, 5.41) is 12.2. The zero-order chi connectivity index (χ0) is 17.1. The SMILES string of the molecule is N#Cc1ccccc1NC(=O)CN1CC(=O)Oc2ccc(Cl)cc21. The van der Waals surface area contributed by atoms with Crippen LogP contribution >= 0.6 is 11.6 Å². The van der Waals surface area contributed by atoms with Crippen molar-refractivity contribution in [2.45, 2.75) is 0 Å². The third-order valence-corrected chi connectivity index (χ3v) is 3.70. The van der Waals surface area contributed by atoms with Crippen molar-refractivity contribution in [3.63, 3.8) is 0 Å². The second-order valence-corrected chi connectivity index (χ2v) is 5.58. The fourth-order valence-corrected chi connectivity index (χ4v) is 2.58. The molecule has 1 N–H and O–H groups in total. The van der Waals surface area contributed by atoms with Crippen LogP contribution in [0.5, 0.6) is 5.75 Å². The average Bonchev–Trinajstić information content (AvgIpc) is 2.56. The molecule has 0 aromatic heterocycles. The first-order valence-corrected chi connectivity index (χ1v) is 7.49. The number of esters is 1. The Morgan fingerprint density at radius 1 is 1.33 bits per heavy atom. The van der Waals surface area contributed by atoms with Gasteiger partial charge in [0.05, 0.1) is 23.5 Å². The number of anilines is 2. The predicted octanol–water partition coefficient (Wildman–Crippen LogP) is 2.58. The number of fused-ring (bicyclic) bond motifs is 1. The number of hydrogen-bond acceptors (Lipinski definition) is 5. The van der Waals surface area contributed by atoms with Crippen molar-refractivity contribution >= 4 is 34.9 Å². The molecule has 120 valence electrons. The zero-order valence-electron chi connectivity index (χ0n) is 12.5. The molecule has 3 rings (SSSR count). The van der Waals surface area contributed by atoms with Crippen molar-refractivity contribution in [1.82, 2.24) is 0 Å². The molecule has 7 heteroatoms. The van der Waals surface area contributed by atoms with Crippen LogP contribution in [0.4, 0.5) is 11.4 Å². The lowest BCUT2D eigenvalue weighted by Crippen LogP contribution is -2.41. The number of nitriles is 1. The Morgan fingerprint density at radius 3 is 2.92 bits per heavy atom. The largest absolute Gasteiger partial charge is 0.423 e. The van der Waals surface area contributed by atoms with Gasteiger partial charge in [0, 0.05) is 5.02 Å². The van der Waals surface area contributed by atoms with Crippen molar-refractivity contribution in [3.8, 4) is 11.8 Å². The number of halogens is 1. The first-order chi connectivity index (χ1) is 11.6. The van der Waals surface area contributed by atoms with E-state index in [9.17, 15) is 9.59 Å². The van der Waals surface area contributed by atoms with Gasteiger partial charge in [-0.2, -0.15) is 5.26 Å². The van der Waals surface area contributed by atoms with Crippen LogP contribution in [0.15, 0.2) is 42.5 Å². The van der Waals surface area contributed by atoms with E-state index < -0.39 is 5.97 Å². The van der Waals surface area contributed by atoms with E-state index in [4.69, 9.17) is 21.6 Å². The van der Waals surface area contributed by atoms with E-state index in [1.807, 2.05) is 6.07 Å². The van der Waals surface area contributed by atoms with Crippen LogP contribution in [0.25, 0.3) is 0 Å². The molecule has 0 spiro atoms. The van der Waals surface area contributed by atoms with Crippen LogP contribution in [-0.2, 0) is 9.59 Å². The van der Waals surface area contributed by atoms with Gasteiger partial charge in [-0.1, -0.05) is 23.7 Å². The third-order valence-electron chi connectivity index (χ3n) is 3.46. The minimum absolute atomic E-state index is 0.0549. The van der Waals surface area contributed by atoms with Crippen LogP contribution in [0.1, 0.15) is 5.56 Å². The van der Waals surface area contributed by atoms with Crippen molar-refractivity contribution in [1.29, 1.82) is 5.26 Å². The third kappa shape index (κ3) is 3.31.